The number of imide groups is 1. The van der Waals surface area contributed by atoms with E-state index in [1.165, 1.54) is 17.7 Å². The van der Waals surface area contributed by atoms with E-state index in [0.29, 0.717) is 17.5 Å². The summed E-state index contributed by atoms with van der Waals surface area (Å²) in [5.74, 6) is -0.699. The summed E-state index contributed by atoms with van der Waals surface area (Å²) in [6.07, 6.45) is 3.12. The molecule has 7 heteroatoms. The number of anilines is 1. The molecule has 0 spiro atoms. The largest absolute Gasteiger partial charge is 0.326 e. The average molecular weight is 470 g/mol. The van der Waals surface area contributed by atoms with E-state index >= 15 is 0 Å². The first-order chi connectivity index (χ1) is 14.5. The van der Waals surface area contributed by atoms with Crippen molar-refractivity contribution < 1.29 is 14.4 Å². The van der Waals surface area contributed by atoms with Crippen LogP contribution in [-0.2, 0) is 11.3 Å². The van der Waals surface area contributed by atoms with Gasteiger partial charge in [0.2, 0.25) is 5.91 Å². The monoisotopic (exact) mass is 469 g/mol. The first kappa shape index (κ1) is 20.8. The Bertz CT molecular complexity index is 985. The number of nitrogens with one attached hydrogen (secondary N) is 1. The van der Waals surface area contributed by atoms with Gasteiger partial charge in [0, 0.05) is 29.7 Å². The van der Waals surface area contributed by atoms with Gasteiger partial charge >= 0.3 is 0 Å². The fourth-order valence-corrected chi connectivity index (χ4v) is 4.40. The summed E-state index contributed by atoms with van der Waals surface area (Å²) in [6.45, 7) is 3.26. The standard InChI is InChI=1S/C23H24BrN3O3/c24-17-9-10-18-19(14-17)23(30)27(22(18)29)13-5-8-21(28)25-20-7-2-1-6-16(20)15-26-11-3-4-12-26/h1-2,6-7,9-10,14H,3-5,8,11-13,15H2,(H,25,28). The second-order valence-electron chi connectivity index (χ2n) is 7.74. The normalized spacial score (nSPS) is 16.2. The summed E-state index contributed by atoms with van der Waals surface area (Å²) >= 11 is 3.33. The molecule has 6 nitrogen and oxygen atoms in total. The molecule has 0 aromatic heterocycles. The molecule has 0 aliphatic carbocycles. The molecule has 4 rings (SSSR count). The van der Waals surface area contributed by atoms with Crippen LogP contribution in [0.3, 0.4) is 0 Å². The number of amides is 3. The number of rotatable bonds is 7. The van der Waals surface area contributed by atoms with Crippen molar-refractivity contribution in [1.82, 2.24) is 9.80 Å². The Hall–Kier alpha value is -2.51. The Kier molecular flexibility index (Phi) is 6.29. The van der Waals surface area contributed by atoms with Crippen molar-refractivity contribution in [1.29, 1.82) is 0 Å². The molecule has 2 aromatic rings. The Morgan fingerprint density at radius 3 is 2.53 bits per heavy atom. The Morgan fingerprint density at radius 2 is 1.73 bits per heavy atom. The number of para-hydroxylation sites is 1. The molecule has 2 aliphatic rings. The number of nitrogens with zero attached hydrogens (tertiary/aromatic N) is 2. The topological polar surface area (TPSA) is 69.7 Å². The number of hydrogen-bond donors (Lipinski definition) is 1. The van der Waals surface area contributed by atoms with Gasteiger partial charge in [0.15, 0.2) is 0 Å². The van der Waals surface area contributed by atoms with E-state index < -0.39 is 0 Å². The van der Waals surface area contributed by atoms with Gasteiger partial charge in [-0.25, -0.2) is 0 Å². The second-order valence-corrected chi connectivity index (χ2v) is 8.66. The molecule has 1 saturated heterocycles. The Labute approximate surface area is 184 Å². The van der Waals surface area contributed by atoms with Crippen LogP contribution in [0.1, 0.15) is 52.0 Å². The van der Waals surface area contributed by atoms with Crippen molar-refractivity contribution in [2.45, 2.75) is 32.2 Å². The lowest BCUT2D eigenvalue weighted by molar-refractivity contribution is -0.116. The SMILES string of the molecule is O=C(CCCN1C(=O)c2ccc(Br)cc2C1=O)Nc1ccccc1CN1CCCC1. The highest BCUT2D eigenvalue weighted by atomic mass is 79.9. The van der Waals surface area contributed by atoms with Gasteiger partial charge in [-0.05, 0) is 62.2 Å². The second kappa shape index (κ2) is 9.10. The van der Waals surface area contributed by atoms with Gasteiger partial charge in [-0.3, -0.25) is 24.2 Å². The van der Waals surface area contributed by atoms with Crippen LogP contribution >= 0.6 is 15.9 Å². The van der Waals surface area contributed by atoms with Gasteiger partial charge in [0.25, 0.3) is 11.8 Å². The van der Waals surface area contributed by atoms with Gasteiger partial charge in [-0.1, -0.05) is 34.1 Å². The van der Waals surface area contributed by atoms with Crippen molar-refractivity contribution in [2.75, 3.05) is 25.0 Å². The molecular weight excluding hydrogens is 446 g/mol. The molecule has 0 unspecified atom stereocenters. The highest BCUT2D eigenvalue weighted by molar-refractivity contribution is 9.10. The van der Waals surface area contributed by atoms with E-state index in [9.17, 15) is 14.4 Å². The zero-order valence-electron chi connectivity index (χ0n) is 16.7. The van der Waals surface area contributed by atoms with E-state index in [2.05, 4.69) is 26.1 Å². The number of benzene rings is 2. The summed E-state index contributed by atoms with van der Waals surface area (Å²) in [4.78, 5) is 41.1. The van der Waals surface area contributed by atoms with Crippen LogP contribution in [-0.4, -0.2) is 47.2 Å². The first-order valence-corrected chi connectivity index (χ1v) is 11.1. The van der Waals surface area contributed by atoms with Gasteiger partial charge in [0.05, 0.1) is 11.1 Å². The van der Waals surface area contributed by atoms with E-state index in [-0.39, 0.29) is 30.7 Å². The molecule has 1 fully saturated rings. The van der Waals surface area contributed by atoms with E-state index in [0.717, 1.165) is 35.4 Å². The molecule has 2 aliphatic heterocycles. The van der Waals surface area contributed by atoms with Gasteiger partial charge in [-0.2, -0.15) is 0 Å². The molecule has 156 valence electrons. The minimum absolute atomic E-state index is 0.108. The highest BCUT2D eigenvalue weighted by Gasteiger charge is 2.35. The number of halogens is 1. The number of fused-ring (bicyclic) bond motifs is 1. The molecule has 0 saturated carbocycles. The van der Waals surface area contributed by atoms with Crippen LogP contribution in [0.15, 0.2) is 46.9 Å². The molecule has 0 atom stereocenters. The minimum atomic E-state index is -0.298. The summed E-state index contributed by atoms with van der Waals surface area (Å²) in [7, 11) is 0. The van der Waals surface area contributed by atoms with Crippen LogP contribution in [0.5, 0.6) is 0 Å². The third kappa shape index (κ3) is 4.47. The molecule has 2 aromatic carbocycles. The van der Waals surface area contributed by atoms with Crippen molar-refractivity contribution >= 4 is 39.3 Å². The third-order valence-electron chi connectivity index (χ3n) is 5.60. The van der Waals surface area contributed by atoms with E-state index in [1.807, 2.05) is 24.3 Å². The van der Waals surface area contributed by atoms with Crippen LogP contribution in [0.2, 0.25) is 0 Å². The van der Waals surface area contributed by atoms with Crippen LogP contribution in [0.4, 0.5) is 5.69 Å². The van der Waals surface area contributed by atoms with Crippen LogP contribution < -0.4 is 5.32 Å². The number of carbonyl (C=O) groups is 3. The van der Waals surface area contributed by atoms with Gasteiger partial charge in [0.1, 0.15) is 0 Å². The molecule has 0 radical (unpaired) electrons. The third-order valence-corrected chi connectivity index (χ3v) is 6.10. The lowest BCUT2D eigenvalue weighted by Crippen LogP contribution is -2.31. The van der Waals surface area contributed by atoms with Crippen molar-refractivity contribution in [2.24, 2.45) is 0 Å². The minimum Gasteiger partial charge on any atom is -0.326 e. The Balaban J connectivity index is 1.31. The maximum absolute atomic E-state index is 12.5. The molecule has 3 amide bonds. The summed E-state index contributed by atoms with van der Waals surface area (Å²) in [5, 5.41) is 3.00. The fraction of sp³-hybridized carbons (Fsp3) is 0.348. The Morgan fingerprint density at radius 1 is 1.00 bits per heavy atom. The number of likely N-dealkylation sites (tertiary alicyclic amines) is 1. The highest BCUT2D eigenvalue weighted by Crippen LogP contribution is 2.26. The first-order valence-electron chi connectivity index (χ1n) is 10.3. The summed E-state index contributed by atoms with van der Waals surface area (Å²) < 4.78 is 0.760. The maximum Gasteiger partial charge on any atom is 0.261 e. The quantitative estimate of drug-likeness (QED) is 0.620. The molecule has 30 heavy (non-hydrogen) atoms. The van der Waals surface area contributed by atoms with Gasteiger partial charge < -0.3 is 5.32 Å². The lowest BCUT2D eigenvalue weighted by Gasteiger charge is -2.18. The zero-order chi connectivity index (χ0) is 21.1. The van der Waals surface area contributed by atoms with E-state index in [4.69, 9.17) is 0 Å². The van der Waals surface area contributed by atoms with Crippen LogP contribution in [0, 0.1) is 0 Å². The molecule has 0 bridgehead atoms. The van der Waals surface area contributed by atoms with Crippen LogP contribution in [0.25, 0.3) is 0 Å². The molecular formula is C23H24BrN3O3. The van der Waals surface area contributed by atoms with Gasteiger partial charge in [-0.15, -0.1) is 0 Å². The summed E-state index contributed by atoms with van der Waals surface area (Å²) in [6, 6.07) is 12.9. The predicted molar refractivity (Wildman–Crippen MR) is 118 cm³/mol. The zero-order valence-corrected chi connectivity index (χ0v) is 18.3. The molecule has 1 N–H and O–H groups in total. The smallest absolute Gasteiger partial charge is 0.261 e. The summed E-state index contributed by atoms with van der Waals surface area (Å²) in [5.41, 5.74) is 2.77. The predicted octanol–water partition coefficient (Wildman–Crippen LogP) is 4.06. The molecule has 2 heterocycles. The number of hydrogen-bond acceptors (Lipinski definition) is 4. The van der Waals surface area contributed by atoms with Crippen molar-refractivity contribution in [3.63, 3.8) is 0 Å². The van der Waals surface area contributed by atoms with E-state index in [1.54, 1.807) is 18.2 Å². The maximum atomic E-state index is 12.5. The van der Waals surface area contributed by atoms with Crippen molar-refractivity contribution in [3.8, 4) is 0 Å². The fourth-order valence-electron chi connectivity index (χ4n) is 4.04. The average Bonchev–Trinajstić information content (AvgIpc) is 3.32. The van der Waals surface area contributed by atoms with Crippen molar-refractivity contribution in [3.05, 3.63) is 63.6 Å². The lowest BCUT2D eigenvalue weighted by atomic mass is 10.1. The number of carbonyl (C=O) groups excluding carboxylic acids is 3.